The third-order valence-corrected chi connectivity index (χ3v) is 5.03. The van der Waals surface area contributed by atoms with Crippen LogP contribution in [0.3, 0.4) is 0 Å². The molecule has 1 aliphatic heterocycles. The molecule has 1 aliphatic rings. The predicted molar refractivity (Wildman–Crippen MR) is 113 cm³/mol. The molecule has 0 radical (unpaired) electrons. The van der Waals surface area contributed by atoms with Gasteiger partial charge in [-0.3, -0.25) is 14.5 Å². The summed E-state index contributed by atoms with van der Waals surface area (Å²) in [5.74, 6) is 0.698. The summed E-state index contributed by atoms with van der Waals surface area (Å²) in [6, 6.07) is 17.6. The van der Waals surface area contributed by atoms with Crippen molar-refractivity contribution in [2.75, 3.05) is 32.7 Å². The van der Waals surface area contributed by atoms with Gasteiger partial charge < -0.3 is 15.0 Å². The van der Waals surface area contributed by atoms with E-state index in [0.29, 0.717) is 45.0 Å². The highest BCUT2D eigenvalue weighted by Crippen LogP contribution is 2.15. The molecule has 1 fully saturated rings. The largest absolute Gasteiger partial charge is 0.481 e. The van der Waals surface area contributed by atoms with Gasteiger partial charge in [0, 0.05) is 32.7 Å². The van der Waals surface area contributed by atoms with Gasteiger partial charge in [-0.25, -0.2) is 0 Å². The Hall–Kier alpha value is -2.86. The SMILES string of the molecule is Cc1cccc(OC(C)C(=O)N2CCN(CC(=O)NCc3ccccc3)CC2)c1. The summed E-state index contributed by atoms with van der Waals surface area (Å²) < 4.78 is 5.81. The summed E-state index contributed by atoms with van der Waals surface area (Å²) in [6.07, 6.45) is -0.530. The van der Waals surface area contributed by atoms with Gasteiger partial charge in [-0.2, -0.15) is 0 Å². The molecule has 1 heterocycles. The molecule has 1 unspecified atom stereocenters. The third kappa shape index (κ3) is 6.32. The van der Waals surface area contributed by atoms with E-state index in [1.165, 1.54) is 0 Å². The van der Waals surface area contributed by atoms with Gasteiger partial charge in [-0.1, -0.05) is 42.5 Å². The Kier molecular flexibility index (Phi) is 7.25. The van der Waals surface area contributed by atoms with Crippen LogP contribution in [0.5, 0.6) is 5.75 Å². The molecule has 6 heteroatoms. The van der Waals surface area contributed by atoms with Gasteiger partial charge in [0.15, 0.2) is 6.10 Å². The van der Waals surface area contributed by atoms with E-state index < -0.39 is 6.10 Å². The third-order valence-electron chi connectivity index (χ3n) is 5.03. The maximum Gasteiger partial charge on any atom is 0.263 e. The lowest BCUT2D eigenvalue weighted by Gasteiger charge is -2.35. The minimum Gasteiger partial charge on any atom is -0.481 e. The van der Waals surface area contributed by atoms with Crippen molar-refractivity contribution in [3.05, 3.63) is 65.7 Å². The summed E-state index contributed by atoms with van der Waals surface area (Å²) in [7, 11) is 0. The van der Waals surface area contributed by atoms with Gasteiger partial charge in [0.05, 0.1) is 6.54 Å². The number of aryl methyl sites for hydroxylation is 1. The standard InChI is InChI=1S/C23H29N3O3/c1-18-7-6-10-21(15-18)29-19(2)23(28)26-13-11-25(12-14-26)17-22(27)24-16-20-8-4-3-5-9-20/h3-10,15,19H,11-14,16-17H2,1-2H3,(H,24,27). The van der Waals surface area contributed by atoms with Crippen LogP contribution < -0.4 is 10.1 Å². The number of carbonyl (C=O) groups is 2. The van der Waals surface area contributed by atoms with Gasteiger partial charge in [0.25, 0.3) is 5.91 Å². The summed E-state index contributed by atoms with van der Waals surface area (Å²) >= 11 is 0. The molecule has 1 N–H and O–H groups in total. The van der Waals surface area contributed by atoms with E-state index in [9.17, 15) is 9.59 Å². The lowest BCUT2D eigenvalue weighted by Crippen LogP contribution is -2.53. The van der Waals surface area contributed by atoms with E-state index in [2.05, 4.69) is 10.2 Å². The predicted octanol–water partition coefficient (Wildman–Crippen LogP) is 2.22. The van der Waals surface area contributed by atoms with Crippen molar-refractivity contribution in [2.45, 2.75) is 26.5 Å². The number of nitrogens with zero attached hydrogens (tertiary/aromatic N) is 2. The first kappa shape index (κ1) is 20.9. The molecule has 0 aliphatic carbocycles. The Bertz CT molecular complexity index is 817. The monoisotopic (exact) mass is 395 g/mol. The highest BCUT2D eigenvalue weighted by Gasteiger charge is 2.26. The Balaban J connectivity index is 1.40. The van der Waals surface area contributed by atoms with E-state index in [1.807, 2.05) is 66.4 Å². The summed E-state index contributed by atoms with van der Waals surface area (Å²) in [5, 5.41) is 2.95. The summed E-state index contributed by atoms with van der Waals surface area (Å²) in [5.41, 5.74) is 2.18. The zero-order valence-electron chi connectivity index (χ0n) is 17.1. The maximum atomic E-state index is 12.7. The minimum atomic E-state index is -0.530. The summed E-state index contributed by atoms with van der Waals surface area (Å²) in [4.78, 5) is 28.8. The number of hydrogen-bond acceptors (Lipinski definition) is 4. The van der Waals surface area contributed by atoms with Crippen LogP contribution in [-0.4, -0.2) is 60.4 Å². The van der Waals surface area contributed by atoms with Crippen molar-refractivity contribution in [3.63, 3.8) is 0 Å². The number of hydrogen-bond donors (Lipinski definition) is 1. The fourth-order valence-corrected chi connectivity index (χ4v) is 3.38. The fraction of sp³-hybridized carbons (Fsp3) is 0.391. The van der Waals surface area contributed by atoms with Gasteiger partial charge in [-0.15, -0.1) is 0 Å². The number of carbonyl (C=O) groups excluding carboxylic acids is 2. The zero-order chi connectivity index (χ0) is 20.6. The second kappa shape index (κ2) is 10.1. The minimum absolute atomic E-state index is 0.00442. The number of piperazine rings is 1. The van der Waals surface area contributed by atoms with Crippen molar-refractivity contribution >= 4 is 11.8 Å². The second-order valence-corrected chi connectivity index (χ2v) is 7.44. The highest BCUT2D eigenvalue weighted by molar-refractivity contribution is 5.81. The first-order valence-electron chi connectivity index (χ1n) is 10.1. The fourth-order valence-electron chi connectivity index (χ4n) is 3.38. The van der Waals surface area contributed by atoms with Gasteiger partial charge >= 0.3 is 0 Å². The van der Waals surface area contributed by atoms with E-state index in [4.69, 9.17) is 4.74 Å². The normalized spacial score (nSPS) is 15.6. The second-order valence-electron chi connectivity index (χ2n) is 7.44. The molecule has 0 spiro atoms. The number of benzene rings is 2. The molecule has 0 saturated carbocycles. The quantitative estimate of drug-likeness (QED) is 0.781. The molecule has 6 nitrogen and oxygen atoms in total. The first-order valence-corrected chi connectivity index (χ1v) is 10.1. The summed E-state index contributed by atoms with van der Waals surface area (Å²) in [6.45, 7) is 7.24. The van der Waals surface area contributed by atoms with Gasteiger partial charge in [0.1, 0.15) is 5.75 Å². The van der Waals surface area contributed by atoms with Crippen LogP contribution in [-0.2, 0) is 16.1 Å². The van der Waals surface area contributed by atoms with Crippen LogP contribution in [0.2, 0.25) is 0 Å². The topological polar surface area (TPSA) is 61.9 Å². The Morgan fingerprint density at radius 1 is 1.03 bits per heavy atom. The first-order chi connectivity index (χ1) is 14.0. The lowest BCUT2D eigenvalue weighted by molar-refractivity contribution is -0.139. The molecular formula is C23H29N3O3. The average Bonchev–Trinajstić information content (AvgIpc) is 2.73. The van der Waals surface area contributed by atoms with Gasteiger partial charge in [-0.05, 0) is 37.1 Å². The van der Waals surface area contributed by atoms with Crippen LogP contribution in [0.15, 0.2) is 54.6 Å². The zero-order valence-corrected chi connectivity index (χ0v) is 17.1. The lowest BCUT2D eigenvalue weighted by atomic mass is 10.2. The molecule has 3 rings (SSSR count). The molecular weight excluding hydrogens is 366 g/mol. The number of nitrogens with one attached hydrogen (secondary N) is 1. The number of rotatable bonds is 7. The highest BCUT2D eigenvalue weighted by atomic mass is 16.5. The Labute approximate surface area is 172 Å². The van der Waals surface area contributed by atoms with Crippen molar-refractivity contribution in [1.29, 1.82) is 0 Å². The Morgan fingerprint density at radius 2 is 1.76 bits per heavy atom. The van der Waals surface area contributed by atoms with Gasteiger partial charge in [0.2, 0.25) is 5.91 Å². The van der Waals surface area contributed by atoms with Crippen LogP contribution in [0.1, 0.15) is 18.1 Å². The van der Waals surface area contributed by atoms with Crippen molar-refractivity contribution < 1.29 is 14.3 Å². The van der Waals surface area contributed by atoms with Crippen LogP contribution in [0.4, 0.5) is 0 Å². The van der Waals surface area contributed by atoms with Crippen LogP contribution in [0, 0.1) is 6.92 Å². The maximum absolute atomic E-state index is 12.7. The molecule has 1 saturated heterocycles. The van der Waals surface area contributed by atoms with E-state index >= 15 is 0 Å². The Morgan fingerprint density at radius 3 is 2.45 bits per heavy atom. The molecule has 154 valence electrons. The molecule has 2 aromatic rings. The van der Waals surface area contributed by atoms with Crippen LogP contribution in [0.25, 0.3) is 0 Å². The van der Waals surface area contributed by atoms with E-state index in [0.717, 1.165) is 11.1 Å². The molecule has 1 atom stereocenters. The van der Waals surface area contributed by atoms with Crippen molar-refractivity contribution in [1.82, 2.24) is 15.1 Å². The molecule has 0 bridgehead atoms. The van der Waals surface area contributed by atoms with E-state index in [1.54, 1.807) is 6.92 Å². The number of ether oxygens (including phenoxy) is 1. The van der Waals surface area contributed by atoms with Crippen molar-refractivity contribution in [3.8, 4) is 5.75 Å². The molecule has 2 amide bonds. The smallest absolute Gasteiger partial charge is 0.263 e. The molecule has 0 aromatic heterocycles. The molecule has 29 heavy (non-hydrogen) atoms. The van der Waals surface area contributed by atoms with Crippen LogP contribution >= 0.6 is 0 Å². The average molecular weight is 396 g/mol. The number of amides is 2. The van der Waals surface area contributed by atoms with Crippen molar-refractivity contribution in [2.24, 2.45) is 0 Å². The van der Waals surface area contributed by atoms with E-state index in [-0.39, 0.29) is 11.8 Å². The molecule has 2 aromatic carbocycles.